The number of hydrogen-bond donors (Lipinski definition) is 1. The molecule has 2 saturated heterocycles. The number of nitrogens with zero attached hydrogens (tertiary/aromatic N) is 2. The van der Waals surface area contributed by atoms with Gasteiger partial charge in [-0.3, -0.25) is 4.90 Å². The lowest BCUT2D eigenvalue weighted by Gasteiger charge is -2.25. The van der Waals surface area contributed by atoms with Crippen LogP contribution in [0.15, 0.2) is 0 Å². The van der Waals surface area contributed by atoms with Crippen LogP contribution in [0.2, 0.25) is 0 Å². The van der Waals surface area contributed by atoms with E-state index >= 15 is 0 Å². The average molecular weight is 232 g/mol. The van der Waals surface area contributed by atoms with Gasteiger partial charge in [-0.1, -0.05) is 0 Å². The molecular formula is C11H24N2O3. The molecule has 0 bridgehead atoms. The van der Waals surface area contributed by atoms with Crippen LogP contribution in [0.1, 0.15) is 0 Å². The highest BCUT2D eigenvalue weighted by molar-refractivity contribution is 4.59. The van der Waals surface area contributed by atoms with Crippen LogP contribution in [0.3, 0.4) is 0 Å². The molecule has 0 atom stereocenters. The fourth-order valence-electron chi connectivity index (χ4n) is 1.62. The van der Waals surface area contributed by atoms with Gasteiger partial charge in [0, 0.05) is 32.7 Å². The van der Waals surface area contributed by atoms with Gasteiger partial charge in [0.25, 0.3) is 0 Å². The van der Waals surface area contributed by atoms with Gasteiger partial charge in [-0.25, -0.2) is 0 Å². The van der Waals surface area contributed by atoms with Gasteiger partial charge in [0.1, 0.15) is 0 Å². The normalized spacial score (nSPS) is 23.6. The summed E-state index contributed by atoms with van der Waals surface area (Å²) in [4.78, 5) is 4.47. The minimum Gasteiger partial charge on any atom is -0.395 e. The fourth-order valence-corrected chi connectivity index (χ4v) is 1.62. The standard InChI is InChI=1S/C6H13NO2.C5H11NO/c8-4-1-7-2-5-9-6-3-7;1-6-2-4-7-5-3-6/h8H,1-6H2;2-5H2,1H3. The lowest BCUT2D eigenvalue weighted by Crippen LogP contribution is -2.37. The molecule has 0 aromatic rings. The first kappa shape index (κ1) is 13.9. The van der Waals surface area contributed by atoms with E-state index in [2.05, 4.69) is 16.8 Å². The Hall–Kier alpha value is -0.200. The van der Waals surface area contributed by atoms with E-state index in [0.29, 0.717) is 0 Å². The Balaban J connectivity index is 0.000000165. The monoisotopic (exact) mass is 232 g/mol. The van der Waals surface area contributed by atoms with E-state index in [9.17, 15) is 0 Å². The van der Waals surface area contributed by atoms with Crippen LogP contribution in [0, 0.1) is 0 Å². The predicted molar refractivity (Wildman–Crippen MR) is 62.7 cm³/mol. The van der Waals surface area contributed by atoms with Gasteiger partial charge in [-0.15, -0.1) is 0 Å². The Bertz CT molecular complexity index is 155. The van der Waals surface area contributed by atoms with Crippen molar-refractivity contribution in [3.8, 4) is 0 Å². The second-order valence-electron chi connectivity index (χ2n) is 4.09. The molecule has 2 aliphatic rings. The molecule has 0 spiro atoms. The van der Waals surface area contributed by atoms with Crippen molar-refractivity contribution >= 4 is 0 Å². The highest BCUT2D eigenvalue weighted by Crippen LogP contribution is 1.94. The molecule has 0 amide bonds. The van der Waals surface area contributed by atoms with Crippen molar-refractivity contribution in [3.63, 3.8) is 0 Å². The van der Waals surface area contributed by atoms with E-state index < -0.39 is 0 Å². The van der Waals surface area contributed by atoms with E-state index in [4.69, 9.17) is 14.6 Å². The maximum atomic E-state index is 8.54. The van der Waals surface area contributed by atoms with Crippen LogP contribution in [-0.4, -0.2) is 87.7 Å². The summed E-state index contributed by atoms with van der Waals surface area (Å²) in [5.74, 6) is 0. The van der Waals surface area contributed by atoms with E-state index in [0.717, 1.165) is 59.2 Å². The summed E-state index contributed by atoms with van der Waals surface area (Å²) in [6.07, 6.45) is 0. The molecule has 0 aromatic carbocycles. The Morgan fingerprint density at radius 1 is 0.938 bits per heavy atom. The third-order valence-corrected chi connectivity index (χ3v) is 2.75. The average Bonchev–Trinajstić information content (AvgIpc) is 2.33. The van der Waals surface area contributed by atoms with Crippen molar-refractivity contribution in [2.75, 3.05) is 72.8 Å². The maximum absolute atomic E-state index is 8.54. The SMILES string of the molecule is CN1CCOCC1.OCCN1CCOCC1. The topological polar surface area (TPSA) is 45.2 Å². The number of likely N-dealkylation sites (N-methyl/N-ethyl adjacent to an activating group) is 1. The summed E-state index contributed by atoms with van der Waals surface area (Å²) in [6.45, 7) is 8.66. The number of ether oxygens (including phenoxy) is 2. The molecule has 5 heteroatoms. The zero-order valence-corrected chi connectivity index (χ0v) is 10.2. The summed E-state index contributed by atoms with van der Waals surface area (Å²) in [5, 5.41) is 8.54. The molecule has 0 aliphatic carbocycles. The molecule has 0 unspecified atom stereocenters. The van der Waals surface area contributed by atoms with E-state index in [1.807, 2.05) is 0 Å². The first-order chi connectivity index (χ1) is 7.83. The van der Waals surface area contributed by atoms with Gasteiger partial charge in [0.15, 0.2) is 0 Å². The summed E-state index contributed by atoms with van der Waals surface area (Å²) >= 11 is 0. The molecule has 2 rings (SSSR count). The Labute approximate surface area is 97.9 Å². The van der Waals surface area contributed by atoms with Crippen LogP contribution in [0.4, 0.5) is 0 Å². The Morgan fingerprint density at radius 2 is 1.44 bits per heavy atom. The minimum absolute atomic E-state index is 0.264. The third-order valence-electron chi connectivity index (χ3n) is 2.75. The second-order valence-corrected chi connectivity index (χ2v) is 4.09. The number of rotatable bonds is 2. The summed E-state index contributed by atoms with van der Waals surface area (Å²) < 4.78 is 10.2. The Kier molecular flexibility index (Phi) is 7.71. The molecule has 2 aliphatic heterocycles. The fraction of sp³-hybridized carbons (Fsp3) is 1.00. The summed E-state index contributed by atoms with van der Waals surface area (Å²) in [7, 11) is 2.11. The van der Waals surface area contributed by atoms with Crippen molar-refractivity contribution < 1.29 is 14.6 Å². The van der Waals surface area contributed by atoms with Crippen molar-refractivity contribution in [1.29, 1.82) is 0 Å². The smallest absolute Gasteiger partial charge is 0.0594 e. The van der Waals surface area contributed by atoms with Crippen LogP contribution < -0.4 is 0 Å². The van der Waals surface area contributed by atoms with Gasteiger partial charge < -0.3 is 19.5 Å². The zero-order chi connectivity index (χ0) is 11.6. The van der Waals surface area contributed by atoms with Crippen molar-refractivity contribution in [3.05, 3.63) is 0 Å². The van der Waals surface area contributed by atoms with Crippen molar-refractivity contribution in [1.82, 2.24) is 9.80 Å². The number of β-amino-alcohol motifs (C(OH)–C–C–N with tert-alkyl or cyclic N) is 1. The molecular weight excluding hydrogens is 208 g/mol. The third kappa shape index (κ3) is 6.40. The highest BCUT2D eigenvalue weighted by atomic mass is 16.5. The molecule has 0 radical (unpaired) electrons. The first-order valence-electron chi connectivity index (χ1n) is 6.00. The molecule has 16 heavy (non-hydrogen) atoms. The summed E-state index contributed by atoms with van der Waals surface area (Å²) in [5.41, 5.74) is 0. The van der Waals surface area contributed by atoms with Gasteiger partial charge in [0.05, 0.1) is 33.0 Å². The van der Waals surface area contributed by atoms with Gasteiger partial charge >= 0.3 is 0 Å². The minimum atomic E-state index is 0.264. The molecule has 0 aromatic heterocycles. The van der Waals surface area contributed by atoms with Crippen LogP contribution >= 0.6 is 0 Å². The van der Waals surface area contributed by atoms with Crippen LogP contribution in [0.5, 0.6) is 0 Å². The predicted octanol–water partition coefficient (Wildman–Crippen LogP) is -0.741. The number of hydrogen-bond acceptors (Lipinski definition) is 5. The molecule has 2 fully saturated rings. The largest absolute Gasteiger partial charge is 0.395 e. The van der Waals surface area contributed by atoms with Crippen LogP contribution in [-0.2, 0) is 9.47 Å². The van der Waals surface area contributed by atoms with Crippen molar-refractivity contribution in [2.45, 2.75) is 0 Å². The quantitative estimate of drug-likeness (QED) is 0.679. The molecule has 1 N–H and O–H groups in total. The number of aliphatic hydroxyl groups excluding tert-OH is 1. The van der Waals surface area contributed by atoms with Gasteiger partial charge in [-0.2, -0.15) is 0 Å². The maximum Gasteiger partial charge on any atom is 0.0594 e. The molecule has 2 heterocycles. The molecule has 96 valence electrons. The van der Waals surface area contributed by atoms with E-state index in [1.54, 1.807) is 0 Å². The molecule has 0 saturated carbocycles. The number of morpholine rings is 2. The summed E-state index contributed by atoms with van der Waals surface area (Å²) in [6, 6.07) is 0. The number of aliphatic hydroxyl groups is 1. The molecule has 5 nitrogen and oxygen atoms in total. The second kappa shape index (κ2) is 8.90. The van der Waals surface area contributed by atoms with Crippen molar-refractivity contribution in [2.24, 2.45) is 0 Å². The van der Waals surface area contributed by atoms with Gasteiger partial charge in [-0.05, 0) is 7.05 Å². The van der Waals surface area contributed by atoms with E-state index in [1.165, 1.54) is 0 Å². The first-order valence-corrected chi connectivity index (χ1v) is 6.00. The van der Waals surface area contributed by atoms with E-state index in [-0.39, 0.29) is 6.61 Å². The lowest BCUT2D eigenvalue weighted by molar-refractivity contribution is 0.0306. The lowest BCUT2D eigenvalue weighted by atomic mass is 10.4. The Morgan fingerprint density at radius 3 is 1.81 bits per heavy atom. The zero-order valence-electron chi connectivity index (χ0n) is 10.2. The van der Waals surface area contributed by atoms with Gasteiger partial charge in [0.2, 0.25) is 0 Å². The highest BCUT2D eigenvalue weighted by Gasteiger charge is 2.07. The van der Waals surface area contributed by atoms with Crippen LogP contribution in [0.25, 0.3) is 0 Å².